The second-order valence-corrected chi connectivity index (χ2v) is 10.6. The predicted molar refractivity (Wildman–Crippen MR) is 105 cm³/mol. The average Bonchev–Trinajstić information content (AvgIpc) is 3.29. The van der Waals surface area contributed by atoms with Crippen LogP contribution in [0.25, 0.3) is 0 Å². The number of carbonyl (C=O) groups is 2. The molecule has 1 fully saturated rings. The van der Waals surface area contributed by atoms with Crippen LogP contribution >= 0.6 is 27.3 Å². The number of Topliss-reactive ketones (excluding diaryl/α,β-unsaturated/α-hetero) is 1. The largest absolute Gasteiger partial charge is 0.456 e. The molecule has 1 unspecified atom stereocenters. The van der Waals surface area contributed by atoms with Crippen molar-refractivity contribution < 1.29 is 22.7 Å². The third-order valence-corrected chi connectivity index (χ3v) is 7.88. The molecule has 0 radical (unpaired) electrons. The van der Waals surface area contributed by atoms with Crippen molar-refractivity contribution in [3.63, 3.8) is 0 Å². The van der Waals surface area contributed by atoms with E-state index in [1.165, 1.54) is 27.8 Å². The van der Waals surface area contributed by atoms with E-state index in [1.54, 1.807) is 24.3 Å². The minimum Gasteiger partial charge on any atom is -0.456 e. The van der Waals surface area contributed by atoms with Crippen molar-refractivity contribution in [2.75, 3.05) is 13.2 Å². The molecule has 1 aliphatic rings. The number of sulfonamides is 1. The first-order valence-corrected chi connectivity index (χ1v) is 11.4. The van der Waals surface area contributed by atoms with Gasteiger partial charge in [-0.15, -0.1) is 11.3 Å². The summed E-state index contributed by atoms with van der Waals surface area (Å²) in [6.07, 6.45) is 0.944. The minimum atomic E-state index is -3.79. The predicted octanol–water partition coefficient (Wildman–Crippen LogP) is 3.40. The topological polar surface area (TPSA) is 80.8 Å². The van der Waals surface area contributed by atoms with Crippen molar-refractivity contribution in [2.45, 2.75) is 30.7 Å². The third-order valence-electron chi connectivity index (χ3n) is 4.30. The molecule has 1 aliphatic heterocycles. The standard InChI is InChI=1S/C18H18BrNO5S2/c1-12-4-6-13(7-5-12)27(23,24)20-10-2-3-14(20)18(22)25-11-15(21)16-8-9-17(19)26-16/h4-9,14H,2-3,10-11H2,1H3. The molecule has 2 aromatic rings. The maximum atomic E-state index is 12.9. The van der Waals surface area contributed by atoms with Gasteiger partial charge < -0.3 is 4.74 Å². The van der Waals surface area contributed by atoms with Gasteiger partial charge in [-0.2, -0.15) is 4.31 Å². The number of ketones is 1. The second kappa shape index (κ2) is 8.22. The number of hydrogen-bond donors (Lipinski definition) is 0. The van der Waals surface area contributed by atoms with Crippen LogP contribution in [0.1, 0.15) is 28.1 Å². The first kappa shape index (κ1) is 20.2. The monoisotopic (exact) mass is 471 g/mol. The molecule has 0 amide bonds. The van der Waals surface area contributed by atoms with Crippen LogP contribution in [0.3, 0.4) is 0 Å². The van der Waals surface area contributed by atoms with Gasteiger partial charge in [-0.3, -0.25) is 9.59 Å². The van der Waals surface area contributed by atoms with Crippen molar-refractivity contribution in [3.8, 4) is 0 Å². The van der Waals surface area contributed by atoms with Crippen molar-refractivity contribution in [2.24, 2.45) is 0 Å². The van der Waals surface area contributed by atoms with E-state index in [-0.39, 0.29) is 17.2 Å². The number of esters is 1. The van der Waals surface area contributed by atoms with E-state index in [1.807, 2.05) is 6.92 Å². The summed E-state index contributed by atoms with van der Waals surface area (Å²) in [7, 11) is -3.79. The molecule has 0 aliphatic carbocycles. The Hall–Kier alpha value is -1.55. The van der Waals surface area contributed by atoms with E-state index >= 15 is 0 Å². The zero-order valence-corrected chi connectivity index (χ0v) is 17.8. The lowest BCUT2D eigenvalue weighted by Crippen LogP contribution is -2.41. The van der Waals surface area contributed by atoms with Gasteiger partial charge in [0.15, 0.2) is 6.61 Å². The summed E-state index contributed by atoms with van der Waals surface area (Å²) in [5, 5.41) is 0. The van der Waals surface area contributed by atoms with Crippen LogP contribution in [-0.2, 0) is 19.6 Å². The summed E-state index contributed by atoms with van der Waals surface area (Å²) in [5.41, 5.74) is 0.949. The molecule has 0 N–H and O–H groups in total. The Labute approximate surface area is 170 Å². The summed E-state index contributed by atoms with van der Waals surface area (Å²) in [5.74, 6) is -1.00. The molecule has 6 nitrogen and oxygen atoms in total. The van der Waals surface area contributed by atoms with Crippen LogP contribution in [0.4, 0.5) is 0 Å². The van der Waals surface area contributed by atoms with Crippen LogP contribution in [-0.4, -0.2) is 43.7 Å². The summed E-state index contributed by atoms with van der Waals surface area (Å²) in [6.45, 7) is 1.72. The normalized spacial score (nSPS) is 17.8. The number of carbonyl (C=O) groups excluding carboxylic acids is 2. The fraction of sp³-hybridized carbons (Fsp3) is 0.333. The van der Waals surface area contributed by atoms with Gasteiger partial charge in [0.2, 0.25) is 15.8 Å². The van der Waals surface area contributed by atoms with Gasteiger partial charge in [0, 0.05) is 6.54 Å². The summed E-state index contributed by atoms with van der Waals surface area (Å²) < 4.78 is 32.9. The highest BCUT2D eigenvalue weighted by atomic mass is 79.9. The lowest BCUT2D eigenvalue weighted by molar-refractivity contribution is -0.146. The number of ether oxygens (including phenoxy) is 1. The highest BCUT2D eigenvalue weighted by Crippen LogP contribution is 2.27. The first-order valence-electron chi connectivity index (χ1n) is 8.33. The van der Waals surface area contributed by atoms with E-state index in [9.17, 15) is 18.0 Å². The molecule has 0 bridgehead atoms. The number of hydrogen-bond acceptors (Lipinski definition) is 6. The Morgan fingerprint density at radius 2 is 1.93 bits per heavy atom. The molecule has 1 aromatic carbocycles. The zero-order chi connectivity index (χ0) is 19.6. The van der Waals surface area contributed by atoms with Crippen LogP contribution in [0.5, 0.6) is 0 Å². The molecule has 2 heterocycles. The van der Waals surface area contributed by atoms with Crippen molar-refractivity contribution in [3.05, 3.63) is 50.6 Å². The first-order chi connectivity index (χ1) is 12.8. The molecule has 0 spiro atoms. The van der Waals surface area contributed by atoms with Crippen molar-refractivity contribution >= 4 is 49.0 Å². The second-order valence-electron chi connectivity index (χ2n) is 6.22. The Morgan fingerprint density at radius 1 is 1.22 bits per heavy atom. The van der Waals surface area contributed by atoms with E-state index in [4.69, 9.17) is 4.74 Å². The van der Waals surface area contributed by atoms with Gasteiger partial charge >= 0.3 is 5.97 Å². The van der Waals surface area contributed by atoms with Gasteiger partial charge in [0.05, 0.1) is 13.6 Å². The Kier molecular flexibility index (Phi) is 6.15. The Bertz CT molecular complexity index is 952. The number of rotatable bonds is 6. The van der Waals surface area contributed by atoms with E-state index in [0.717, 1.165) is 9.35 Å². The Morgan fingerprint density at radius 3 is 2.56 bits per heavy atom. The molecule has 1 saturated heterocycles. The molecule has 144 valence electrons. The van der Waals surface area contributed by atoms with Crippen molar-refractivity contribution in [1.82, 2.24) is 4.31 Å². The van der Waals surface area contributed by atoms with E-state index in [0.29, 0.717) is 17.7 Å². The van der Waals surface area contributed by atoms with Crippen molar-refractivity contribution in [1.29, 1.82) is 0 Å². The lowest BCUT2D eigenvalue weighted by atomic mass is 10.2. The van der Waals surface area contributed by atoms with Gasteiger partial charge in [-0.25, -0.2) is 8.42 Å². The van der Waals surface area contributed by atoms with Gasteiger partial charge in [0.1, 0.15) is 6.04 Å². The van der Waals surface area contributed by atoms with Gasteiger partial charge in [-0.05, 0) is 60.0 Å². The highest BCUT2D eigenvalue weighted by molar-refractivity contribution is 9.11. The fourth-order valence-corrected chi connectivity index (χ4v) is 5.83. The number of aryl methyl sites for hydroxylation is 1. The summed E-state index contributed by atoms with van der Waals surface area (Å²) >= 11 is 4.53. The molecular weight excluding hydrogens is 454 g/mol. The molecule has 9 heteroatoms. The fourth-order valence-electron chi connectivity index (χ4n) is 2.88. The molecule has 27 heavy (non-hydrogen) atoms. The van der Waals surface area contributed by atoms with Crippen LogP contribution in [0.2, 0.25) is 0 Å². The third kappa shape index (κ3) is 4.48. The number of thiophene rings is 1. The quantitative estimate of drug-likeness (QED) is 0.476. The van der Waals surface area contributed by atoms with Gasteiger partial charge in [-0.1, -0.05) is 17.7 Å². The molecule has 3 rings (SSSR count). The summed E-state index contributed by atoms with van der Waals surface area (Å²) in [4.78, 5) is 25.2. The Balaban J connectivity index is 1.69. The smallest absolute Gasteiger partial charge is 0.324 e. The molecule has 1 aromatic heterocycles. The van der Waals surface area contributed by atoms with E-state index < -0.39 is 28.6 Å². The maximum Gasteiger partial charge on any atom is 0.324 e. The maximum absolute atomic E-state index is 12.9. The van der Waals surface area contributed by atoms with Gasteiger partial charge in [0.25, 0.3) is 0 Å². The average molecular weight is 472 g/mol. The van der Waals surface area contributed by atoms with E-state index in [2.05, 4.69) is 15.9 Å². The number of benzene rings is 1. The molecule has 0 saturated carbocycles. The lowest BCUT2D eigenvalue weighted by Gasteiger charge is -2.22. The van der Waals surface area contributed by atoms with Crippen LogP contribution < -0.4 is 0 Å². The number of nitrogens with zero attached hydrogens (tertiary/aromatic N) is 1. The van der Waals surface area contributed by atoms with Crippen LogP contribution in [0.15, 0.2) is 45.1 Å². The SMILES string of the molecule is Cc1ccc(S(=O)(=O)N2CCCC2C(=O)OCC(=O)c2ccc(Br)s2)cc1. The zero-order valence-electron chi connectivity index (χ0n) is 14.6. The highest BCUT2D eigenvalue weighted by Gasteiger charge is 2.40. The molecular formula is C18H18BrNO5S2. The minimum absolute atomic E-state index is 0.146. The molecule has 1 atom stereocenters. The van der Waals surface area contributed by atoms with Crippen LogP contribution in [0, 0.1) is 6.92 Å². The number of halogens is 1. The summed E-state index contributed by atoms with van der Waals surface area (Å²) in [6, 6.07) is 8.98.